The highest BCUT2D eigenvalue weighted by Crippen LogP contribution is 2.15. The molecule has 0 rings (SSSR count). The van der Waals surface area contributed by atoms with Crippen LogP contribution in [0.3, 0.4) is 0 Å². The Balaban J connectivity index is 4.81. The summed E-state index contributed by atoms with van der Waals surface area (Å²) in [6, 6.07) is -1.81. The van der Waals surface area contributed by atoms with Crippen LogP contribution in [-0.2, 0) is 19.1 Å². The minimum atomic E-state index is -5.19. The Morgan fingerprint density at radius 3 is 2.39 bits per heavy atom. The molecule has 0 saturated carbocycles. The second kappa shape index (κ2) is 6.50. The summed E-state index contributed by atoms with van der Waals surface area (Å²) >= 11 is 0. The van der Waals surface area contributed by atoms with E-state index in [9.17, 15) is 27.6 Å². The second-order valence-corrected chi connectivity index (χ2v) is 2.96. The van der Waals surface area contributed by atoms with Crippen LogP contribution in [-0.4, -0.2) is 48.0 Å². The van der Waals surface area contributed by atoms with Gasteiger partial charge in [0.05, 0.1) is 7.11 Å². The molecule has 1 amide bonds. The van der Waals surface area contributed by atoms with E-state index < -0.39 is 36.3 Å². The molecular weight excluding hydrogens is 259 g/mol. The highest BCUT2D eigenvalue weighted by atomic mass is 19.4. The van der Waals surface area contributed by atoms with Crippen molar-refractivity contribution in [2.24, 2.45) is 0 Å². The fraction of sp³-hybridized carbons (Fsp3) is 0.500. The fourth-order valence-corrected chi connectivity index (χ4v) is 0.894. The molecule has 0 bridgehead atoms. The van der Waals surface area contributed by atoms with Crippen molar-refractivity contribution in [3.63, 3.8) is 0 Å². The number of rotatable bonds is 5. The number of carbonyl (C=O) groups excluding carboxylic acids is 3. The van der Waals surface area contributed by atoms with Crippen molar-refractivity contribution in [3.8, 4) is 0 Å². The fourth-order valence-electron chi connectivity index (χ4n) is 0.894. The molecular formula is C8H8F3N3O4. The number of methoxy groups -OCH3 is 1. The second-order valence-electron chi connectivity index (χ2n) is 2.96. The quantitative estimate of drug-likeness (QED) is 0.312. The van der Waals surface area contributed by atoms with E-state index in [2.05, 4.69) is 9.53 Å². The Morgan fingerprint density at radius 1 is 1.44 bits per heavy atom. The third-order valence-electron chi connectivity index (χ3n) is 1.66. The Bertz CT molecular complexity index is 401. The zero-order valence-electron chi connectivity index (χ0n) is 9.02. The Morgan fingerprint density at radius 2 is 2.00 bits per heavy atom. The van der Waals surface area contributed by atoms with Crippen molar-refractivity contribution in [2.75, 3.05) is 7.11 Å². The van der Waals surface area contributed by atoms with Gasteiger partial charge < -0.3 is 15.6 Å². The van der Waals surface area contributed by atoms with E-state index in [0.29, 0.717) is 6.21 Å². The highest BCUT2D eigenvalue weighted by Gasteiger charge is 2.41. The summed E-state index contributed by atoms with van der Waals surface area (Å²) in [7, 11) is 0.875. The number of nitrogens with one attached hydrogen (secondary N) is 1. The third-order valence-corrected chi connectivity index (χ3v) is 1.66. The number of alkyl halides is 3. The Kier molecular flexibility index (Phi) is 5.70. The maximum atomic E-state index is 11.9. The van der Waals surface area contributed by atoms with Gasteiger partial charge in [0.1, 0.15) is 6.04 Å². The normalized spacial score (nSPS) is 12.0. The van der Waals surface area contributed by atoms with Crippen molar-refractivity contribution in [2.45, 2.75) is 18.6 Å². The molecule has 18 heavy (non-hydrogen) atoms. The molecule has 100 valence electrons. The molecule has 1 unspecified atom stereocenters. The molecule has 0 spiro atoms. The maximum absolute atomic E-state index is 11.9. The van der Waals surface area contributed by atoms with Gasteiger partial charge in [-0.3, -0.25) is 9.59 Å². The van der Waals surface area contributed by atoms with E-state index in [4.69, 9.17) is 5.53 Å². The van der Waals surface area contributed by atoms with Gasteiger partial charge >= 0.3 is 24.3 Å². The number of halogens is 3. The molecule has 0 aromatic carbocycles. The largest absolute Gasteiger partial charge is 0.471 e. The molecule has 0 aliphatic heterocycles. The van der Waals surface area contributed by atoms with Gasteiger partial charge in [-0.1, -0.05) is 0 Å². The van der Waals surface area contributed by atoms with Crippen LogP contribution in [0.1, 0.15) is 6.42 Å². The van der Waals surface area contributed by atoms with Crippen molar-refractivity contribution < 1.29 is 37.1 Å². The Hall–Kier alpha value is -2.22. The van der Waals surface area contributed by atoms with Gasteiger partial charge in [0.2, 0.25) is 5.78 Å². The van der Waals surface area contributed by atoms with Crippen molar-refractivity contribution >= 4 is 23.9 Å². The monoisotopic (exact) mass is 267 g/mol. The minimum Gasteiger partial charge on any atom is -0.467 e. The SMILES string of the molecule is COC(=O)C(CC(=O)C=[N+]=[N-])NC(=O)C(F)(F)F. The van der Waals surface area contributed by atoms with E-state index in [1.165, 1.54) is 5.32 Å². The number of ketones is 1. The molecule has 0 aliphatic carbocycles. The predicted octanol–water partition coefficient (Wildman–Crippen LogP) is -0.534. The molecule has 0 aliphatic rings. The highest BCUT2D eigenvalue weighted by molar-refractivity contribution is 6.26. The van der Waals surface area contributed by atoms with Gasteiger partial charge in [0.25, 0.3) is 0 Å². The Labute approximate surface area is 98.5 Å². The number of hydrogen-bond donors (Lipinski definition) is 1. The average Bonchev–Trinajstić information content (AvgIpc) is 2.26. The van der Waals surface area contributed by atoms with Crippen LogP contribution in [0, 0.1) is 0 Å². The molecule has 0 radical (unpaired) electrons. The first-order chi connectivity index (χ1) is 8.22. The number of esters is 1. The summed E-state index contributed by atoms with van der Waals surface area (Å²) in [5, 5.41) is 1.29. The molecule has 1 N–H and O–H groups in total. The van der Waals surface area contributed by atoms with E-state index in [1.807, 2.05) is 0 Å². The number of Topliss-reactive ketones (excluding diaryl/α,β-unsaturated/α-hetero) is 1. The number of carbonyl (C=O) groups is 3. The number of nitrogens with zero attached hydrogens (tertiary/aromatic N) is 2. The summed E-state index contributed by atoms with van der Waals surface area (Å²) < 4.78 is 40.0. The summed E-state index contributed by atoms with van der Waals surface area (Å²) in [6.45, 7) is 0. The number of amides is 1. The van der Waals surface area contributed by atoms with Gasteiger partial charge in [-0.2, -0.15) is 18.0 Å². The van der Waals surface area contributed by atoms with Gasteiger partial charge in [-0.25, -0.2) is 4.79 Å². The minimum absolute atomic E-state index is 0.385. The summed E-state index contributed by atoms with van der Waals surface area (Å²) in [4.78, 5) is 34.9. The summed E-state index contributed by atoms with van der Waals surface area (Å²) in [5.74, 6) is -4.57. The number of hydrogen-bond acceptors (Lipinski definition) is 4. The lowest BCUT2D eigenvalue weighted by Crippen LogP contribution is -2.48. The van der Waals surface area contributed by atoms with E-state index in [0.717, 1.165) is 7.11 Å². The summed E-state index contributed by atoms with van der Waals surface area (Å²) in [6.07, 6.45) is -5.63. The van der Waals surface area contributed by atoms with Gasteiger partial charge in [0, 0.05) is 6.42 Å². The smallest absolute Gasteiger partial charge is 0.467 e. The van der Waals surface area contributed by atoms with Crippen LogP contribution in [0.5, 0.6) is 0 Å². The lowest BCUT2D eigenvalue weighted by molar-refractivity contribution is -0.175. The van der Waals surface area contributed by atoms with Gasteiger partial charge in [-0.05, 0) is 0 Å². The summed E-state index contributed by atoms with van der Waals surface area (Å²) in [5.41, 5.74) is 8.02. The van der Waals surface area contributed by atoms with Crippen LogP contribution < -0.4 is 5.32 Å². The van der Waals surface area contributed by atoms with E-state index in [-0.39, 0.29) is 0 Å². The van der Waals surface area contributed by atoms with Crippen molar-refractivity contribution in [1.29, 1.82) is 0 Å². The standard InChI is InChI=1S/C8H8F3N3O4/c1-18-6(16)5(2-4(15)3-13-12)14-7(17)8(9,10)11/h3,5H,2H2,1H3,(H,14,17). The van der Waals surface area contributed by atoms with Crippen LogP contribution in [0.15, 0.2) is 0 Å². The molecule has 0 aromatic rings. The maximum Gasteiger partial charge on any atom is 0.471 e. The molecule has 0 heterocycles. The van der Waals surface area contributed by atoms with Crippen molar-refractivity contribution in [1.82, 2.24) is 5.32 Å². The lowest BCUT2D eigenvalue weighted by atomic mass is 10.1. The molecule has 0 saturated heterocycles. The first-order valence-electron chi connectivity index (χ1n) is 4.38. The first-order valence-corrected chi connectivity index (χ1v) is 4.38. The van der Waals surface area contributed by atoms with Crippen LogP contribution in [0.2, 0.25) is 0 Å². The molecule has 0 fully saturated rings. The number of ether oxygens (including phenoxy) is 1. The van der Waals surface area contributed by atoms with E-state index >= 15 is 0 Å². The van der Waals surface area contributed by atoms with Gasteiger partial charge in [-0.15, -0.1) is 0 Å². The third kappa shape index (κ3) is 5.21. The lowest BCUT2D eigenvalue weighted by Gasteiger charge is -2.15. The average molecular weight is 267 g/mol. The molecule has 1 atom stereocenters. The topological polar surface area (TPSA) is 109 Å². The first kappa shape index (κ1) is 15.8. The van der Waals surface area contributed by atoms with Crippen LogP contribution >= 0.6 is 0 Å². The zero-order valence-corrected chi connectivity index (χ0v) is 9.02. The molecule has 10 heteroatoms. The van der Waals surface area contributed by atoms with Gasteiger partial charge in [0.15, 0.2) is 0 Å². The molecule has 0 aromatic heterocycles. The van der Waals surface area contributed by atoms with Crippen molar-refractivity contribution in [3.05, 3.63) is 5.53 Å². The predicted molar refractivity (Wildman–Crippen MR) is 49.3 cm³/mol. The van der Waals surface area contributed by atoms with Crippen LogP contribution in [0.4, 0.5) is 13.2 Å². The van der Waals surface area contributed by atoms with Crippen LogP contribution in [0.25, 0.3) is 5.53 Å². The van der Waals surface area contributed by atoms with E-state index in [1.54, 1.807) is 0 Å². The molecule has 7 nitrogen and oxygen atoms in total. The zero-order chi connectivity index (χ0) is 14.3.